The molecule has 0 heterocycles. The van der Waals surface area contributed by atoms with Crippen LogP contribution in [0.2, 0.25) is 0 Å². The molecule has 0 spiro atoms. The smallest absolute Gasteiger partial charge is 0.218 e. The molecule has 0 radical (unpaired) electrons. The van der Waals surface area contributed by atoms with Crippen molar-refractivity contribution in [2.75, 3.05) is 13.7 Å². The second-order valence-electron chi connectivity index (χ2n) is 3.30. The summed E-state index contributed by atoms with van der Waals surface area (Å²) in [5, 5.41) is 0. The van der Waals surface area contributed by atoms with Crippen molar-refractivity contribution in [1.29, 1.82) is 0 Å². The zero-order valence-corrected chi connectivity index (χ0v) is 7.31. The molecule has 0 aliphatic rings. The molecule has 4 heteroatoms. The predicted molar refractivity (Wildman–Crippen MR) is 42.6 cm³/mol. The third kappa shape index (κ3) is 5.82. The first-order valence-corrected chi connectivity index (χ1v) is 3.55. The van der Waals surface area contributed by atoms with Crippen molar-refractivity contribution in [2.45, 2.75) is 20.3 Å². The van der Waals surface area contributed by atoms with E-state index < -0.39 is 0 Å². The fourth-order valence-corrected chi connectivity index (χ4v) is 0.790. The van der Waals surface area contributed by atoms with Crippen molar-refractivity contribution in [1.82, 2.24) is 5.48 Å². The maximum atomic E-state index is 10.5. The van der Waals surface area contributed by atoms with Gasteiger partial charge in [0.25, 0.3) is 0 Å². The number of carbonyl (C=O) groups excluding carboxylic acids is 1. The summed E-state index contributed by atoms with van der Waals surface area (Å²) in [5.41, 5.74) is 7.39. The van der Waals surface area contributed by atoms with Crippen LogP contribution in [0.3, 0.4) is 0 Å². The molecule has 0 fully saturated rings. The van der Waals surface area contributed by atoms with Gasteiger partial charge in [0.2, 0.25) is 5.91 Å². The molecule has 0 aliphatic carbocycles. The summed E-state index contributed by atoms with van der Waals surface area (Å²) in [4.78, 5) is 15.5. The van der Waals surface area contributed by atoms with Crippen molar-refractivity contribution in [3.05, 3.63) is 0 Å². The fraction of sp³-hybridized carbons (Fsp3) is 0.857. The number of primary amides is 1. The van der Waals surface area contributed by atoms with Crippen LogP contribution in [0.1, 0.15) is 20.3 Å². The Morgan fingerprint density at radius 3 is 2.55 bits per heavy atom. The van der Waals surface area contributed by atoms with Crippen molar-refractivity contribution in [2.24, 2.45) is 11.1 Å². The van der Waals surface area contributed by atoms with Gasteiger partial charge in [0.15, 0.2) is 0 Å². The molecule has 0 aromatic rings. The van der Waals surface area contributed by atoms with Crippen LogP contribution in [0.4, 0.5) is 0 Å². The summed E-state index contributed by atoms with van der Waals surface area (Å²) in [5.74, 6) is -0.297. The Kier molecular flexibility index (Phi) is 4.07. The quantitative estimate of drug-likeness (QED) is 0.558. The molecule has 1 amide bonds. The van der Waals surface area contributed by atoms with Crippen molar-refractivity contribution >= 4 is 5.91 Å². The van der Waals surface area contributed by atoms with Gasteiger partial charge in [0, 0.05) is 13.5 Å². The van der Waals surface area contributed by atoms with Crippen molar-refractivity contribution < 1.29 is 9.63 Å². The standard InChI is InChI=1S/C7H16N2O2/c1-7(2,4-6(8)10)5-11-9-3/h9H,4-5H2,1-3H3,(H2,8,10). The first-order chi connectivity index (χ1) is 4.98. The Bertz CT molecular complexity index is 134. The van der Waals surface area contributed by atoms with E-state index in [2.05, 4.69) is 5.48 Å². The molecule has 0 saturated heterocycles. The highest BCUT2D eigenvalue weighted by Crippen LogP contribution is 2.19. The van der Waals surface area contributed by atoms with Crippen LogP contribution < -0.4 is 11.2 Å². The molecule has 0 unspecified atom stereocenters. The minimum absolute atomic E-state index is 0.186. The average molecular weight is 160 g/mol. The molecule has 0 rings (SSSR count). The number of hydrogen-bond donors (Lipinski definition) is 2. The fourth-order valence-electron chi connectivity index (χ4n) is 0.790. The van der Waals surface area contributed by atoms with Crippen LogP contribution in [0.5, 0.6) is 0 Å². The molecule has 66 valence electrons. The van der Waals surface area contributed by atoms with Crippen molar-refractivity contribution in [3.8, 4) is 0 Å². The molecule has 0 saturated carbocycles. The maximum Gasteiger partial charge on any atom is 0.218 e. The van der Waals surface area contributed by atoms with E-state index in [0.717, 1.165) is 0 Å². The minimum atomic E-state index is -0.297. The predicted octanol–water partition coefficient (Wildman–Crippen LogP) is 0.0390. The summed E-state index contributed by atoms with van der Waals surface area (Å²) in [6.45, 7) is 4.33. The van der Waals surface area contributed by atoms with Gasteiger partial charge in [-0.05, 0) is 5.41 Å². The zero-order chi connectivity index (χ0) is 8.91. The Morgan fingerprint density at radius 1 is 1.64 bits per heavy atom. The van der Waals surface area contributed by atoms with E-state index in [1.807, 2.05) is 13.8 Å². The monoisotopic (exact) mass is 160 g/mol. The minimum Gasteiger partial charge on any atom is -0.370 e. The topological polar surface area (TPSA) is 64.3 Å². The second kappa shape index (κ2) is 4.31. The molecule has 0 aromatic carbocycles. The van der Waals surface area contributed by atoms with Crippen LogP contribution in [0.15, 0.2) is 0 Å². The van der Waals surface area contributed by atoms with Crippen LogP contribution in [-0.4, -0.2) is 19.6 Å². The molecular formula is C7H16N2O2. The average Bonchev–Trinajstić information content (AvgIpc) is 1.81. The van der Waals surface area contributed by atoms with Crippen LogP contribution in [-0.2, 0) is 9.63 Å². The normalized spacial score (nSPS) is 11.5. The first kappa shape index (κ1) is 10.4. The number of nitrogens with one attached hydrogen (secondary N) is 1. The van der Waals surface area contributed by atoms with Gasteiger partial charge in [-0.1, -0.05) is 13.8 Å². The van der Waals surface area contributed by atoms with E-state index in [-0.39, 0.29) is 11.3 Å². The number of rotatable bonds is 5. The lowest BCUT2D eigenvalue weighted by Gasteiger charge is -2.21. The SMILES string of the molecule is CNOCC(C)(C)CC(N)=O. The summed E-state index contributed by atoms with van der Waals surface area (Å²) in [6.07, 6.45) is 0.342. The van der Waals surface area contributed by atoms with Gasteiger partial charge in [-0.3, -0.25) is 4.79 Å². The van der Waals surface area contributed by atoms with E-state index in [4.69, 9.17) is 10.6 Å². The highest BCUT2D eigenvalue weighted by Gasteiger charge is 2.20. The molecule has 0 aliphatic heterocycles. The number of amides is 1. The van der Waals surface area contributed by atoms with Gasteiger partial charge < -0.3 is 10.6 Å². The molecule has 11 heavy (non-hydrogen) atoms. The van der Waals surface area contributed by atoms with Gasteiger partial charge >= 0.3 is 0 Å². The first-order valence-electron chi connectivity index (χ1n) is 3.55. The van der Waals surface area contributed by atoms with E-state index in [1.54, 1.807) is 7.05 Å². The van der Waals surface area contributed by atoms with Crippen molar-refractivity contribution in [3.63, 3.8) is 0 Å². The van der Waals surface area contributed by atoms with E-state index in [0.29, 0.717) is 13.0 Å². The highest BCUT2D eigenvalue weighted by molar-refractivity contribution is 5.74. The number of carbonyl (C=O) groups is 1. The second-order valence-corrected chi connectivity index (χ2v) is 3.30. The molecule has 0 bridgehead atoms. The lowest BCUT2D eigenvalue weighted by atomic mass is 9.90. The number of hydroxylamine groups is 1. The number of nitrogens with two attached hydrogens (primary N) is 1. The van der Waals surface area contributed by atoms with Gasteiger partial charge in [-0.15, -0.1) is 0 Å². The van der Waals surface area contributed by atoms with E-state index in [9.17, 15) is 4.79 Å². The highest BCUT2D eigenvalue weighted by atomic mass is 16.6. The van der Waals surface area contributed by atoms with Gasteiger partial charge in [-0.2, -0.15) is 0 Å². The molecule has 3 N–H and O–H groups in total. The molecule has 0 atom stereocenters. The van der Waals surface area contributed by atoms with Crippen LogP contribution in [0, 0.1) is 5.41 Å². The molecular weight excluding hydrogens is 144 g/mol. The maximum absolute atomic E-state index is 10.5. The summed E-state index contributed by atoms with van der Waals surface area (Å²) >= 11 is 0. The Hall–Kier alpha value is -0.610. The zero-order valence-electron chi connectivity index (χ0n) is 7.31. The third-order valence-corrected chi connectivity index (χ3v) is 1.26. The Morgan fingerprint density at radius 2 is 2.18 bits per heavy atom. The van der Waals surface area contributed by atoms with Gasteiger partial charge in [0.1, 0.15) is 0 Å². The Balaban J connectivity index is 3.70. The van der Waals surface area contributed by atoms with Crippen LogP contribution in [0.25, 0.3) is 0 Å². The van der Waals surface area contributed by atoms with Gasteiger partial charge in [0.05, 0.1) is 6.61 Å². The van der Waals surface area contributed by atoms with E-state index in [1.165, 1.54) is 0 Å². The lowest BCUT2D eigenvalue weighted by Crippen LogP contribution is -2.29. The summed E-state index contributed by atoms with van der Waals surface area (Å²) < 4.78 is 0. The lowest BCUT2D eigenvalue weighted by molar-refractivity contribution is -0.121. The van der Waals surface area contributed by atoms with Crippen LogP contribution >= 0.6 is 0 Å². The summed E-state index contributed by atoms with van der Waals surface area (Å²) in [6, 6.07) is 0. The largest absolute Gasteiger partial charge is 0.370 e. The molecule has 4 nitrogen and oxygen atoms in total. The Labute approximate surface area is 67.0 Å². The molecule has 0 aromatic heterocycles. The van der Waals surface area contributed by atoms with Gasteiger partial charge in [-0.25, -0.2) is 5.48 Å². The van der Waals surface area contributed by atoms with E-state index >= 15 is 0 Å². The summed E-state index contributed by atoms with van der Waals surface area (Å²) in [7, 11) is 1.68. The third-order valence-electron chi connectivity index (χ3n) is 1.26. The number of hydrogen-bond acceptors (Lipinski definition) is 3.